The molecule has 9 heteroatoms. The molecule has 0 atom stereocenters. The largest absolute Gasteiger partial charge is 0.496 e. The zero-order valence-corrected chi connectivity index (χ0v) is 16.3. The fraction of sp³-hybridized carbons (Fsp3) is 0.500. The van der Waals surface area contributed by atoms with E-state index in [0.717, 1.165) is 5.56 Å². The highest BCUT2D eigenvalue weighted by Gasteiger charge is 2.17. The molecule has 1 aromatic carbocycles. The van der Waals surface area contributed by atoms with Crippen LogP contribution in [-0.4, -0.2) is 74.7 Å². The van der Waals surface area contributed by atoms with E-state index in [1.54, 1.807) is 23.1 Å². The molecular formula is C18H24N2O6S. The molecule has 1 saturated heterocycles. The average molecular weight is 396 g/mol. The van der Waals surface area contributed by atoms with Gasteiger partial charge < -0.3 is 24.4 Å². The predicted octanol–water partition coefficient (Wildman–Crippen LogP) is 0.690. The van der Waals surface area contributed by atoms with Crippen LogP contribution in [0.4, 0.5) is 0 Å². The molecule has 0 spiro atoms. The van der Waals surface area contributed by atoms with Gasteiger partial charge in [0.15, 0.2) is 0 Å². The van der Waals surface area contributed by atoms with Gasteiger partial charge in [-0.1, -0.05) is 6.07 Å². The van der Waals surface area contributed by atoms with Gasteiger partial charge in [0.1, 0.15) is 11.3 Å². The first kappa shape index (κ1) is 21.0. The normalized spacial score (nSPS) is 13.8. The minimum atomic E-state index is -0.503. The average Bonchev–Trinajstić information content (AvgIpc) is 2.72. The zero-order chi connectivity index (χ0) is 19.6. The zero-order valence-electron chi connectivity index (χ0n) is 15.5. The quantitative estimate of drug-likeness (QED) is 0.646. The van der Waals surface area contributed by atoms with Crippen LogP contribution in [0.5, 0.6) is 5.75 Å². The van der Waals surface area contributed by atoms with Crippen molar-refractivity contribution in [1.29, 1.82) is 0 Å². The number of ether oxygens (including phenoxy) is 3. The molecular weight excluding hydrogens is 372 g/mol. The third-order valence-corrected chi connectivity index (χ3v) is 4.90. The molecule has 2 rings (SSSR count). The summed E-state index contributed by atoms with van der Waals surface area (Å²) in [6.45, 7) is 2.60. The maximum Gasteiger partial charge on any atom is 0.341 e. The third-order valence-electron chi connectivity index (χ3n) is 3.98. The summed E-state index contributed by atoms with van der Waals surface area (Å²) in [6.07, 6.45) is 0. The Morgan fingerprint density at radius 2 is 1.93 bits per heavy atom. The van der Waals surface area contributed by atoms with Crippen molar-refractivity contribution in [2.75, 3.05) is 52.0 Å². The summed E-state index contributed by atoms with van der Waals surface area (Å²) in [4.78, 5) is 37.5. The van der Waals surface area contributed by atoms with Gasteiger partial charge in [-0.25, -0.2) is 4.79 Å². The van der Waals surface area contributed by atoms with Gasteiger partial charge in [-0.2, -0.15) is 0 Å². The number of thioether (sulfide) groups is 1. The Morgan fingerprint density at radius 1 is 1.19 bits per heavy atom. The topological polar surface area (TPSA) is 94.2 Å². The number of morpholine rings is 1. The highest BCUT2D eigenvalue weighted by molar-refractivity contribution is 8.00. The Morgan fingerprint density at radius 3 is 2.59 bits per heavy atom. The number of benzene rings is 1. The van der Waals surface area contributed by atoms with Crippen LogP contribution in [0.1, 0.15) is 15.9 Å². The van der Waals surface area contributed by atoms with Gasteiger partial charge in [0.25, 0.3) is 0 Å². The molecule has 0 bridgehead atoms. The minimum Gasteiger partial charge on any atom is -0.496 e. The molecule has 2 amide bonds. The molecule has 0 radical (unpaired) electrons. The molecule has 1 aliphatic heterocycles. The molecule has 148 valence electrons. The molecule has 27 heavy (non-hydrogen) atoms. The fourth-order valence-electron chi connectivity index (χ4n) is 2.52. The molecule has 1 N–H and O–H groups in total. The van der Waals surface area contributed by atoms with Crippen LogP contribution in [0.15, 0.2) is 18.2 Å². The Bertz CT molecular complexity index is 676. The number of hydrogen-bond acceptors (Lipinski definition) is 7. The van der Waals surface area contributed by atoms with Crippen LogP contribution in [-0.2, 0) is 25.6 Å². The van der Waals surface area contributed by atoms with Gasteiger partial charge in [-0.3, -0.25) is 9.59 Å². The second kappa shape index (κ2) is 10.8. The lowest BCUT2D eigenvalue weighted by molar-refractivity contribution is -0.132. The molecule has 1 heterocycles. The van der Waals surface area contributed by atoms with E-state index in [9.17, 15) is 14.4 Å². The summed E-state index contributed by atoms with van der Waals surface area (Å²) in [5.74, 6) is 0.212. The Labute approximate surface area is 162 Å². The standard InChI is InChI=1S/C18H24N2O6S/c1-24-15-4-3-13(9-14(15)18(23)25-2)10-19-16(21)11-27-12-17(22)20-5-7-26-8-6-20/h3-4,9H,5-8,10-12H2,1-2H3,(H,19,21). The number of nitrogens with one attached hydrogen (secondary N) is 1. The monoisotopic (exact) mass is 396 g/mol. The molecule has 1 fully saturated rings. The molecule has 1 aliphatic rings. The SMILES string of the molecule is COC(=O)c1cc(CNC(=O)CSCC(=O)N2CCOCC2)ccc1OC. The summed E-state index contributed by atoms with van der Waals surface area (Å²) < 4.78 is 15.1. The van der Waals surface area contributed by atoms with Crippen molar-refractivity contribution < 1.29 is 28.6 Å². The molecule has 0 aliphatic carbocycles. The lowest BCUT2D eigenvalue weighted by atomic mass is 10.1. The molecule has 0 unspecified atom stereocenters. The van der Waals surface area contributed by atoms with Crippen molar-refractivity contribution in [2.24, 2.45) is 0 Å². The summed E-state index contributed by atoms with van der Waals surface area (Å²) in [5, 5.41) is 2.78. The van der Waals surface area contributed by atoms with E-state index in [0.29, 0.717) is 37.6 Å². The lowest BCUT2D eigenvalue weighted by Crippen LogP contribution is -2.41. The van der Waals surface area contributed by atoms with Crippen molar-refractivity contribution in [3.05, 3.63) is 29.3 Å². The first-order valence-corrected chi connectivity index (χ1v) is 9.65. The lowest BCUT2D eigenvalue weighted by Gasteiger charge is -2.26. The van der Waals surface area contributed by atoms with Crippen LogP contribution in [0.2, 0.25) is 0 Å². The van der Waals surface area contributed by atoms with Crippen molar-refractivity contribution in [3.63, 3.8) is 0 Å². The van der Waals surface area contributed by atoms with Crippen LogP contribution in [0.25, 0.3) is 0 Å². The first-order chi connectivity index (χ1) is 13.0. The van der Waals surface area contributed by atoms with Gasteiger partial charge in [-0.15, -0.1) is 11.8 Å². The summed E-state index contributed by atoms with van der Waals surface area (Å²) >= 11 is 1.28. The van der Waals surface area contributed by atoms with E-state index < -0.39 is 5.97 Å². The highest BCUT2D eigenvalue weighted by Crippen LogP contribution is 2.20. The third kappa shape index (κ3) is 6.44. The van der Waals surface area contributed by atoms with Gasteiger partial charge in [0.2, 0.25) is 11.8 Å². The van der Waals surface area contributed by atoms with Crippen LogP contribution < -0.4 is 10.1 Å². The maximum atomic E-state index is 12.0. The second-order valence-electron chi connectivity index (χ2n) is 5.79. The number of hydrogen-bond donors (Lipinski definition) is 1. The van der Waals surface area contributed by atoms with Crippen LogP contribution in [0.3, 0.4) is 0 Å². The number of esters is 1. The van der Waals surface area contributed by atoms with Crippen LogP contribution in [0, 0.1) is 0 Å². The van der Waals surface area contributed by atoms with Gasteiger partial charge in [-0.05, 0) is 17.7 Å². The number of amides is 2. The van der Waals surface area contributed by atoms with Gasteiger partial charge in [0, 0.05) is 19.6 Å². The molecule has 1 aromatic rings. The summed E-state index contributed by atoms with van der Waals surface area (Å²) in [6, 6.07) is 5.05. The van der Waals surface area contributed by atoms with E-state index in [1.165, 1.54) is 26.0 Å². The molecule has 0 aromatic heterocycles. The summed E-state index contributed by atoms with van der Waals surface area (Å²) in [7, 11) is 2.77. The van der Waals surface area contributed by atoms with Crippen molar-refractivity contribution in [3.8, 4) is 5.75 Å². The molecule has 0 saturated carbocycles. The van der Waals surface area contributed by atoms with Crippen molar-refractivity contribution in [1.82, 2.24) is 10.2 Å². The highest BCUT2D eigenvalue weighted by atomic mass is 32.2. The molecule has 8 nitrogen and oxygen atoms in total. The van der Waals surface area contributed by atoms with Crippen LogP contribution >= 0.6 is 11.8 Å². The van der Waals surface area contributed by atoms with Crippen molar-refractivity contribution >= 4 is 29.5 Å². The Hall–Kier alpha value is -2.26. The smallest absolute Gasteiger partial charge is 0.341 e. The van der Waals surface area contributed by atoms with E-state index >= 15 is 0 Å². The van der Waals surface area contributed by atoms with Gasteiger partial charge in [0.05, 0.1) is 38.9 Å². The van der Waals surface area contributed by atoms with E-state index in [1.807, 2.05) is 0 Å². The van der Waals surface area contributed by atoms with E-state index in [-0.39, 0.29) is 29.9 Å². The number of nitrogens with zero attached hydrogens (tertiary/aromatic N) is 1. The Balaban J connectivity index is 1.76. The minimum absolute atomic E-state index is 0.0222. The number of carbonyl (C=O) groups excluding carboxylic acids is 3. The van der Waals surface area contributed by atoms with E-state index in [4.69, 9.17) is 14.2 Å². The van der Waals surface area contributed by atoms with Gasteiger partial charge >= 0.3 is 5.97 Å². The predicted molar refractivity (Wildman–Crippen MR) is 101 cm³/mol. The van der Waals surface area contributed by atoms with E-state index in [2.05, 4.69) is 5.32 Å². The number of methoxy groups -OCH3 is 2. The maximum absolute atomic E-state index is 12.0. The number of carbonyl (C=O) groups is 3. The summed E-state index contributed by atoms with van der Waals surface area (Å²) in [5.41, 5.74) is 1.05. The fourth-order valence-corrected chi connectivity index (χ4v) is 3.27. The van der Waals surface area contributed by atoms with Crippen molar-refractivity contribution in [2.45, 2.75) is 6.54 Å². The first-order valence-electron chi connectivity index (χ1n) is 8.50. The second-order valence-corrected chi connectivity index (χ2v) is 6.77. The Kier molecular flexibility index (Phi) is 8.41. The number of rotatable bonds is 8.